The zero-order valence-electron chi connectivity index (χ0n) is 14.0. The van der Waals surface area contributed by atoms with Crippen LogP contribution in [0, 0.1) is 6.92 Å². The monoisotopic (exact) mass is 479 g/mol. The van der Waals surface area contributed by atoms with E-state index in [9.17, 15) is 9.90 Å². The smallest absolute Gasteiger partial charge is 0.302 e. The summed E-state index contributed by atoms with van der Waals surface area (Å²) in [5, 5.41) is 18.7. The third-order valence-electron chi connectivity index (χ3n) is 3.81. The lowest BCUT2D eigenvalue weighted by Gasteiger charge is -2.02. The van der Waals surface area contributed by atoms with E-state index in [-0.39, 0.29) is 18.2 Å². The van der Waals surface area contributed by atoms with Crippen molar-refractivity contribution in [2.75, 3.05) is 6.61 Å². The fraction of sp³-hybridized carbons (Fsp3) is 0.167. The Bertz CT molecular complexity index is 1030. The van der Waals surface area contributed by atoms with E-state index in [1.807, 2.05) is 25.1 Å². The highest BCUT2D eigenvalue weighted by Gasteiger charge is 2.17. The number of benzene rings is 2. The van der Waals surface area contributed by atoms with Crippen molar-refractivity contribution >= 4 is 54.4 Å². The minimum Gasteiger partial charge on any atom is -0.493 e. The molecule has 0 aliphatic heterocycles. The van der Waals surface area contributed by atoms with Crippen LogP contribution in [0.3, 0.4) is 0 Å². The summed E-state index contributed by atoms with van der Waals surface area (Å²) in [5.41, 5.74) is 2.05. The second kappa shape index (κ2) is 7.59. The Morgan fingerprint density at radius 1 is 1.23 bits per heavy atom. The maximum atomic E-state index is 12.0. The van der Waals surface area contributed by atoms with Gasteiger partial charge in [-0.15, -0.1) is 10.2 Å². The minimum atomic E-state index is -0.548. The van der Waals surface area contributed by atoms with Gasteiger partial charge in [0, 0.05) is 21.4 Å². The van der Waals surface area contributed by atoms with Gasteiger partial charge in [0.1, 0.15) is 5.75 Å². The molecule has 1 heterocycles. The molecule has 3 rings (SSSR count). The first-order valence-electron chi connectivity index (χ1n) is 7.67. The number of aryl methyl sites for hydroxylation is 2. The Hall–Kier alpha value is -2.19. The summed E-state index contributed by atoms with van der Waals surface area (Å²) in [4.78, 5) is 12.0. The molecule has 0 bridgehead atoms. The van der Waals surface area contributed by atoms with Crippen molar-refractivity contribution in [1.82, 2.24) is 4.57 Å². The fourth-order valence-electron chi connectivity index (χ4n) is 2.68. The number of carbonyl (C=O) groups is 1. The van der Waals surface area contributed by atoms with Gasteiger partial charge in [-0.1, -0.05) is 37.9 Å². The van der Waals surface area contributed by atoms with Crippen LogP contribution in [0.1, 0.15) is 5.56 Å². The molecule has 0 spiro atoms. The van der Waals surface area contributed by atoms with Gasteiger partial charge in [0.25, 0.3) is 0 Å². The molecule has 0 saturated heterocycles. The van der Waals surface area contributed by atoms with E-state index in [1.165, 1.54) is 0 Å². The molecule has 134 valence electrons. The van der Waals surface area contributed by atoms with E-state index in [0.29, 0.717) is 11.1 Å². The second-order valence-electron chi connectivity index (χ2n) is 5.69. The van der Waals surface area contributed by atoms with Gasteiger partial charge < -0.3 is 14.4 Å². The SMILES string of the molecule is Cc1cc(Br)cc2c(N=NC(=O)COc3cccc(Br)c3)c(O)n(C)c12. The maximum absolute atomic E-state index is 12.0. The number of nitrogens with zero attached hydrogens (tertiary/aromatic N) is 3. The van der Waals surface area contributed by atoms with E-state index in [1.54, 1.807) is 29.8 Å². The van der Waals surface area contributed by atoms with E-state index in [2.05, 4.69) is 42.1 Å². The zero-order chi connectivity index (χ0) is 18.8. The lowest BCUT2D eigenvalue weighted by molar-refractivity contribution is -0.120. The molecule has 1 aromatic heterocycles. The maximum Gasteiger partial charge on any atom is 0.302 e. The molecule has 0 saturated carbocycles. The average Bonchev–Trinajstić information content (AvgIpc) is 2.82. The standard InChI is InChI=1S/C18H15Br2N3O3/c1-10-6-12(20)8-14-16(18(25)23(2)17(10)14)22-21-15(24)9-26-13-5-3-4-11(19)7-13/h3-8,25H,9H2,1-2H3. The van der Waals surface area contributed by atoms with E-state index < -0.39 is 5.91 Å². The Labute approximate surface area is 166 Å². The number of ether oxygens (including phenoxy) is 1. The normalized spacial score (nSPS) is 11.4. The predicted octanol–water partition coefficient (Wildman–Crippen LogP) is 5.41. The molecule has 0 fully saturated rings. The van der Waals surface area contributed by atoms with Crippen molar-refractivity contribution in [3.05, 3.63) is 50.9 Å². The van der Waals surface area contributed by atoms with Crippen molar-refractivity contribution in [3.63, 3.8) is 0 Å². The highest BCUT2D eigenvalue weighted by molar-refractivity contribution is 9.10. The van der Waals surface area contributed by atoms with Gasteiger partial charge in [-0.25, -0.2) is 0 Å². The molecule has 6 nitrogen and oxygen atoms in total. The molecule has 3 aromatic rings. The van der Waals surface area contributed by atoms with Crippen LogP contribution in [0.15, 0.2) is 55.6 Å². The van der Waals surface area contributed by atoms with Gasteiger partial charge >= 0.3 is 5.91 Å². The first-order chi connectivity index (χ1) is 12.4. The predicted molar refractivity (Wildman–Crippen MR) is 106 cm³/mol. The van der Waals surface area contributed by atoms with Gasteiger partial charge in [0.05, 0.1) is 5.52 Å². The second-order valence-corrected chi connectivity index (χ2v) is 7.52. The quantitative estimate of drug-likeness (QED) is 0.507. The molecule has 8 heteroatoms. The molecule has 0 atom stereocenters. The molecule has 0 radical (unpaired) electrons. The molecule has 1 N–H and O–H groups in total. The summed E-state index contributed by atoms with van der Waals surface area (Å²) in [6.07, 6.45) is 0. The van der Waals surface area contributed by atoms with Crippen LogP contribution in [0.25, 0.3) is 10.9 Å². The van der Waals surface area contributed by atoms with Crippen LogP contribution in [0.2, 0.25) is 0 Å². The van der Waals surface area contributed by atoms with E-state index in [4.69, 9.17) is 4.74 Å². The highest BCUT2D eigenvalue weighted by Crippen LogP contribution is 2.40. The van der Waals surface area contributed by atoms with Gasteiger partial charge in [-0.05, 0) is 42.8 Å². The summed E-state index contributed by atoms with van der Waals surface area (Å²) in [6.45, 7) is 1.69. The molecule has 1 amide bonds. The number of carbonyl (C=O) groups excluding carboxylic acids is 1. The molecule has 2 aromatic carbocycles. The summed E-state index contributed by atoms with van der Waals surface area (Å²) in [7, 11) is 1.73. The molecule has 0 aliphatic carbocycles. The largest absolute Gasteiger partial charge is 0.493 e. The number of hydrogen-bond donors (Lipinski definition) is 1. The van der Waals surface area contributed by atoms with Crippen LogP contribution in [-0.2, 0) is 11.8 Å². The van der Waals surface area contributed by atoms with E-state index >= 15 is 0 Å². The van der Waals surface area contributed by atoms with Crippen molar-refractivity contribution in [2.24, 2.45) is 17.3 Å². The zero-order valence-corrected chi connectivity index (χ0v) is 17.2. The van der Waals surface area contributed by atoms with Crippen LogP contribution in [0.5, 0.6) is 11.6 Å². The molecule has 26 heavy (non-hydrogen) atoms. The van der Waals surface area contributed by atoms with Gasteiger partial charge in [-0.2, -0.15) is 0 Å². The third kappa shape index (κ3) is 3.81. The Morgan fingerprint density at radius 3 is 2.73 bits per heavy atom. The molecule has 0 unspecified atom stereocenters. The van der Waals surface area contributed by atoms with Crippen LogP contribution < -0.4 is 4.74 Å². The van der Waals surface area contributed by atoms with Gasteiger partial charge in [0.2, 0.25) is 5.88 Å². The van der Waals surface area contributed by atoms with Gasteiger partial charge in [-0.3, -0.25) is 4.79 Å². The lowest BCUT2D eigenvalue weighted by atomic mass is 10.1. The van der Waals surface area contributed by atoms with Crippen LogP contribution in [-0.4, -0.2) is 22.2 Å². The highest BCUT2D eigenvalue weighted by atomic mass is 79.9. The lowest BCUT2D eigenvalue weighted by Crippen LogP contribution is -2.07. The number of fused-ring (bicyclic) bond motifs is 1. The Kier molecular flexibility index (Phi) is 5.43. The third-order valence-corrected chi connectivity index (χ3v) is 4.76. The minimum absolute atomic E-state index is 0.0503. The summed E-state index contributed by atoms with van der Waals surface area (Å²) in [6, 6.07) is 10.9. The Morgan fingerprint density at radius 2 is 2.00 bits per heavy atom. The van der Waals surface area contributed by atoms with Crippen LogP contribution in [0.4, 0.5) is 5.69 Å². The summed E-state index contributed by atoms with van der Waals surface area (Å²) < 4.78 is 8.72. The van der Waals surface area contributed by atoms with Crippen molar-refractivity contribution in [1.29, 1.82) is 0 Å². The number of hydrogen-bond acceptors (Lipinski definition) is 4. The average molecular weight is 481 g/mol. The molecular formula is C18H15Br2N3O3. The first-order valence-corrected chi connectivity index (χ1v) is 9.26. The topological polar surface area (TPSA) is 76.2 Å². The van der Waals surface area contributed by atoms with Crippen molar-refractivity contribution in [2.45, 2.75) is 6.92 Å². The number of halogens is 2. The summed E-state index contributed by atoms with van der Waals surface area (Å²) in [5.74, 6) is -0.0470. The number of azo groups is 1. The van der Waals surface area contributed by atoms with Crippen molar-refractivity contribution in [3.8, 4) is 11.6 Å². The number of rotatable bonds is 4. The van der Waals surface area contributed by atoms with Crippen LogP contribution >= 0.6 is 31.9 Å². The summed E-state index contributed by atoms with van der Waals surface area (Å²) >= 11 is 6.77. The fourth-order valence-corrected chi connectivity index (χ4v) is 3.63. The number of amides is 1. The number of aromatic nitrogens is 1. The number of aromatic hydroxyl groups is 1. The molecular weight excluding hydrogens is 466 g/mol. The Balaban J connectivity index is 1.82. The molecule has 0 aliphatic rings. The van der Waals surface area contributed by atoms with Crippen molar-refractivity contribution < 1.29 is 14.6 Å². The van der Waals surface area contributed by atoms with E-state index in [0.717, 1.165) is 20.0 Å². The first kappa shape index (κ1) is 18.6. The van der Waals surface area contributed by atoms with Gasteiger partial charge in [0.15, 0.2) is 12.3 Å².